The summed E-state index contributed by atoms with van der Waals surface area (Å²) in [5, 5.41) is 13.4. The Labute approximate surface area is 126 Å². The molecule has 0 saturated heterocycles. The van der Waals surface area contributed by atoms with Crippen LogP contribution in [0.3, 0.4) is 0 Å². The SMILES string of the molecule is CC1CCC(NC(CO)c2ccccc2)c2ccccc21. The first-order chi connectivity index (χ1) is 10.3. The van der Waals surface area contributed by atoms with Gasteiger partial charge in [0.05, 0.1) is 12.6 Å². The highest BCUT2D eigenvalue weighted by molar-refractivity contribution is 5.35. The Kier molecular flexibility index (Phi) is 4.37. The Morgan fingerprint density at radius 3 is 2.38 bits per heavy atom. The summed E-state index contributed by atoms with van der Waals surface area (Å²) in [7, 11) is 0. The third-order valence-electron chi connectivity index (χ3n) is 4.58. The quantitative estimate of drug-likeness (QED) is 0.889. The van der Waals surface area contributed by atoms with Gasteiger partial charge in [-0.2, -0.15) is 0 Å². The van der Waals surface area contributed by atoms with Crippen molar-refractivity contribution in [2.75, 3.05) is 6.61 Å². The first-order valence-corrected chi connectivity index (χ1v) is 7.80. The van der Waals surface area contributed by atoms with E-state index in [1.165, 1.54) is 17.5 Å². The molecule has 0 bridgehead atoms. The minimum absolute atomic E-state index is 0.00216. The zero-order valence-electron chi connectivity index (χ0n) is 12.5. The summed E-state index contributed by atoms with van der Waals surface area (Å²) in [6.07, 6.45) is 2.32. The molecule has 0 radical (unpaired) electrons. The van der Waals surface area contributed by atoms with Gasteiger partial charge in [-0.3, -0.25) is 0 Å². The molecule has 21 heavy (non-hydrogen) atoms. The second-order valence-corrected chi connectivity index (χ2v) is 5.97. The van der Waals surface area contributed by atoms with E-state index < -0.39 is 0 Å². The van der Waals surface area contributed by atoms with Crippen LogP contribution >= 0.6 is 0 Å². The lowest BCUT2D eigenvalue weighted by molar-refractivity contribution is 0.227. The molecule has 3 rings (SSSR count). The molecule has 3 atom stereocenters. The molecule has 2 nitrogen and oxygen atoms in total. The molecule has 110 valence electrons. The molecule has 0 aliphatic heterocycles. The number of benzene rings is 2. The van der Waals surface area contributed by atoms with Crippen molar-refractivity contribution < 1.29 is 5.11 Å². The van der Waals surface area contributed by atoms with E-state index >= 15 is 0 Å². The molecule has 0 aromatic heterocycles. The third kappa shape index (κ3) is 3.02. The second-order valence-electron chi connectivity index (χ2n) is 5.97. The maximum absolute atomic E-state index is 9.75. The number of rotatable bonds is 4. The van der Waals surface area contributed by atoms with E-state index in [9.17, 15) is 5.11 Å². The van der Waals surface area contributed by atoms with Crippen LogP contribution in [0.25, 0.3) is 0 Å². The summed E-state index contributed by atoms with van der Waals surface area (Å²) in [5.74, 6) is 0.628. The van der Waals surface area contributed by atoms with E-state index in [0.717, 1.165) is 12.0 Å². The molecule has 3 unspecified atom stereocenters. The average molecular weight is 281 g/mol. The van der Waals surface area contributed by atoms with Gasteiger partial charge in [0, 0.05) is 6.04 Å². The fourth-order valence-electron chi connectivity index (χ4n) is 3.36. The number of aliphatic hydroxyl groups is 1. The van der Waals surface area contributed by atoms with Gasteiger partial charge < -0.3 is 10.4 Å². The van der Waals surface area contributed by atoms with E-state index in [2.05, 4.69) is 48.6 Å². The van der Waals surface area contributed by atoms with E-state index in [0.29, 0.717) is 12.0 Å². The molecular formula is C19H23NO. The molecular weight excluding hydrogens is 258 g/mol. The van der Waals surface area contributed by atoms with Crippen LogP contribution in [-0.4, -0.2) is 11.7 Å². The van der Waals surface area contributed by atoms with Crippen LogP contribution < -0.4 is 5.32 Å². The van der Waals surface area contributed by atoms with Crippen molar-refractivity contribution in [2.24, 2.45) is 0 Å². The molecule has 0 spiro atoms. The summed E-state index contributed by atoms with van der Waals surface area (Å²) < 4.78 is 0. The monoisotopic (exact) mass is 281 g/mol. The highest BCUT2D eigenvalue weighted by Crippen LogP contribution is 2.38. The fourth-order valence-corrected chi connectivity index (χ4v) is 3.36. The second kappa shape index (κ2) is 6.42. The van der Waals surface area contributed by atoms with E-state index in [4.69, 9.17) is 0 Å². The normalized spacial score (nSPS) is 22.6. The van der Waals surface area contributed by atoms with Crippen LogP contribution in [0.4, 0.5) is 0 Å². The van der Waals surface area contributed by atoms with Gasteiger partial charge in [-0.05, 0) is 35.4 Å². The van der Waals surface area contributed by atoms with Gasteiger partial charge in [0.1, 0.15) is 0 Å². The molecule has 1 aliphatic rings. The minimum atomic E-state index is -0.00216. The van der Waals surface area contributed by atoms with Gasteiger partial charge in [0.25, 0.3) is 0 Å². The maximum Gasteiger partial charge on any atom is 0.0626 e. The lowest BCUT2D eigenvalue weighted by atomic mass is 9.80. The van der Waals surface area contributed by atoms with Gasteiger partial charge in [0.2, 0.25) is 0 Å². The lowest BCUT2D eigenvalue weighted by Gasteiger charge is -2.33. The molecule has 0 fully saturated rings. The average Bonchev–Trinajstić information content (AvgIpc) is 2.55. The predicted octanol–water partition coefficient (Wildman–Crippen LogP) is 3.95. The summed E-state index contributed by atoms with van der Waals surface area (Å²) in [6, 6.07) is 19.2. The molecule has 0 saturated carbocycles. The molecule has 0 amide bonds. The van der Waals surface area contributed by atoms with Crippen molar-refractivity contribution in [3.63, 3.8) is 0 Å². The third-order valence-corrected chi connectivity index (χ3v) is 4.58. The number of fused-ring (bicyclic) bond motifs is 1. The standard InChI is InChI=1S/C19H23NO/c1-14-11-12-18(17-10-6-5-9-16(14)17)20-19(13-21)15-7-3-2-4-8-15/h2-10,14,18-21H,11-13H2,1H3. The number of nitrogens with one attached hydrogen (secondary N) is 1. The molecule has 1 aliphatic carbocycles. The number of hydrogen-bond donors (Lipinski definition) is 2. The van der Waals surface area contributed by atoms with Crippen LogP contribution in [0.5, 0.6) is 0 Å². The van der Waals surface area contributed by atoms with Gasteiger partial charge in [-0.15, -0.1) is 0 Å². The fraction of sp³-hybridized carbons (Fsp3) is 0.368. The van der Waals surface area contributed by atoms with Gasteiger partial charge in [-0.1, -0.05) is 61.5 Å². The molecule has 2 aromatic carbocycles. The van der Waals surface area contributed by atoms with Crippen LogP contribution in [0.1, 0.15) is 54.5 Å². The first-order valence-electron chi connectivity index (χ1n) is 7.80. The zero-order chi connectivity index (χ0) is 14.7. The first kappa shape index (κ1) is 14.3. The van der Waals surface area contributed by atoms with E-state index in [1.54, 1.807) is 0 Å². The minimum Gasteiger partial charge on any atom is -0.394 e. The maximum atomic E-state index is 9.75. The van der Waals surface area contributed by atoms with E-state index in [-0.39, 0.29) is 12.6 Å². The summed E-state index contributed by atoms with van der Waals surface area (Å²) >= 11 is 0. The van der Waals surface area contributed by atoms with Gasteiger partial charge in [-0.25, -0.2) is 0 Å². The van der Waals surface area contributed by atoms with Crippen molar-refractivity contribution in [3.8, 4) is 0 Å². The Bertz CT molecular complexity index is 581. The van der Waals surface area contributed by atoms with Crippen molar-refractivity contribution in [1.82, 2.24) is 5.32 Å². The summed E-state index contributed by atoms with van der Waals surface area (Å²) in [5.41, 5.74) is 3.99. The molecule has 0 heterocycles. The lowest BCUT2D eigenvalue weighted by Crippen LogP contribution is -2.31. The molecule has 2 N–H and O–H groups in total. The predicted molar refractivity (Wildman–Crippen MR) is 86.2 cm³/mol. The van der Waals surface area contributed by atoms with Gasteiger partial charge in [0.15, 0.2) is 0 Å². The van der Waals surface area contributed by atoms with Crippen molar-refractivity contribution in [1.29, 1.82) is 0 Å². The van der Waals surface area contributed by atoms with Gasteiger partial charge >= 0.3 is 0 Å². The Balaban J connectivity index is 1.83. The number of aliphatic hydroxyl groups excluding tert-OH is 1. The Morgan fingerprint density at radius 1 is 1.00 bits per heavy atom. The van der Waals surface area contributed by atoms with Crippen LogP contribution in [0.15, 0.2) is 54.6 Å². The van der Waals surface area contributed by atoms with Crippen molar-refractivity contribution in [2.45, 2.75) is 37.8 Å². The largest absolute Gasteiger partial charge is 0.394 e. The van der Waals surface area contributed by atoms with Crippen molar-refractivity contribution in [3.05, 3.63) is 71.3 Å². The number of hydrogen-bond acceptors (Lipinski definition) is 2. The Morgan fingerprint density at radius 2 is 1.67 bits per heavy atom. The van der Waals surface area contributed by atoms with Crippen molar-refractivity contribution >= 4 is 0 Å². The zero-order valence-corrected chi connectivity index (χ0v) is 12.5. The van der Waals surface area contributed by atoms with E-state index in [1.807, 2.05) is 18.2 Å². The van der Waals surface area contributed by atoms with Crippen LogP contribution in [0, 0.1) is 0 Å². The summed E-state index contributed by atoms with van der Waals surface area (Å²) in [4.78, 5) is 0. The molecule has 2 aromatic rings. The highest BCUT2D eigenvalue weighted by atomic mass is 16.3. The Hall–Kier alpha value is -1.64. The topological polar surface area (TPSA) is 32.3 Å². The summed E-state index contributed by atoms with van der Waals surface area (Å²) in [6.45, 7) is 2.42. The van der Waals surface area contributed by atoms with Crippen LogP contribution in [-0.2, 0) is 0 Å². The molecule has 2 heteroatoms. The highest BCUT2D eigenvalue weighted by Gasteiger charge is 2.26. The van der Waals surface area contributed by atoms with Crippen LogP contribution in [0.2, 0.25) is 0 Å². The smallest absolute Gasteiger partial charge is 0.0626 e.